The summed E-state index contributed by atoms with van der Waals surface area (Å²) in [6.45, 7) is 8.15. The van der Waals surface area contributed by atoms with Crippen molar-refractivity contribution in [3.05, 3.63) is 23.2 Å². The number of ketones is 1. The van der Waals surface area contributed by atoms with Gasteiger partial charge in [-0.15, -0.1) is 0 Å². The monoisotopic (exact) mass is 386 g/mol. The first kappa shape index (κ1) is 18.3. The number of hydrogen-bond donors (Lipinski definition) is 1. The van der Waals surface area contributed by atoms with Crippen LogP contribution in [0.1, 0.15) is 66.2 Å². The maximum Gasteiger partial charge on any atom is 0.307 e. The Morgan fingerprint density at radius 1 is 1.07 bits per heavy atom. The molecular weight excluding hydrogens is 356 g/mol. The summed E-state index contributed by atoms with van der Waals surface area (Å²) in [4.78, 5) is 24.5. The van der Waals surface area contributed by atoms with Crippen LogP contribution in [0.25, 0.3) is 0 Å². The second-order valence-corrected chi connectivity index (χ2v) is 10.4. The third kappa shape index (κ3) is 2.13. The van der Waals surface area contributed by atoms with Crippen molar-refractivity contribution in [2.24, 2.45) is 34.5 Å². The molecule has 0 amide bonds. The smallest absolute Gasteiger partial charge is 0.307 e. The van der Waals surface area contributed by atoms with Gasteiger partial charge in [0.25, 0.3) is 0 Å². The summed E-state index contributed by atoms with van der Waals surface area (Å²) in [5.41, 5.74) is 0.747. The van der Waals surface area contributed by atoms with Crippen molar-refractivity contribution < 1.29 is 24.2 Å². The number of aliphatic carboxylic acids is 1. The van der Waals surface area contributed by atoms with Gasteiger partial charge in [0.15, 0.2) is 5.76 Å². The van der Waals surface area contributed by atoms with Crippen LogP contribution in [-0.2, 0) is 19.1 Å². The Morgan fingerprint density at radius 3 is 2.54 bits per heavy atom. The number of allylic oxidation sites excluding steroid dienone is 2. The Bertz CT molecular complexity index is 836. The second kappa shape index (κ2) is 5.43. The molecule has 3 saturated carbocycles. The van der Waals surface area contributed by atoms with E-state index in [1.165, 1.54) is 5.57 Å². The lowest BCUT2D eigenvalue weighted by Crippen LogP contribution is -2.52. The normalized spacial score (nSPS) is 45.9. The van der Waals surface area contributed by atoms with Crippen molar-refractivity contribution in [1.82, 2.24) is 0 Å². The zero-order valence-corrected chi connectivity index (χ0v) is 17.2. The van der Waals surface area contributed by atoms with E-state index in [-0.39, 0.29) is 22.5 Å². The molecule has 5 nitrogen and oxygen atoms in total. The molecule has 1 N–H and O–H groups in total. The quantitative estimate of drug-likeness (QED) is 0.721. The fourth-order valence-electron chi connectivity index (χ4n) is 7.50. The van der Waals surface area contributed by atoms with Crippen molar-refractivity contribution in [1.29, 1.82) is 0 Å². The number of fused-ring (bicyclic) bond motifs is 6. The third-order valence-electron chi connectivity index (χ3n) is 8.79. The van der Waals surface area contributed by atoms with Crippen molar-refractivity contribution in [3.8, 4) is 0 Å². The number of carboxylic acids is 1. The van der Waals surface area contributed by atoms with Crippen LogP contribution in [0.3, 0.4) is 0 Å². The van der Waals surface area contributed by atoms with Gasteiger partial charge in [0.1, 0.15) is 0 Å². The van der Waals surface area contributed by atoms with Crippen LogP contribution < -0.4 is 0 Å². The average molecular weight is 386 g/mol. The minimum absolute atomic E-state index is 0.0704. The number of carbonyl (C=O) groups is 2. The maximum atomic E-state index is 12.7. The second-order valence-electron chi connectivity index (χ2n) is 10.4. The van der Waals surface area contributed by atoms with Crippen LogP contribution in [0, 0.1) is 34.5 Å². The summed E-state index contributed by atoms with van der Waals surface area (Å²) < 4.78 is 12.1. The number of carboxylic acid groups (broad SMARTS) is 1. The lowest BCUT2D eigenvalue weighted by Gasteiger charge is -2.57. The zero-order valence-electron chi connectivity index (χ0n) is 17.2. The van der Waals surface area contributed by atoms with E-state index in [2.05, 4.69) is 13.8 Å². The molecule has 0 unspecified atom stereocenters. The third-order valence-corrected chi connectivity index (χ3v) is 8.79. The summed E-state index contributed by atoms with van der Waals surface area (Å²) >= 11 is 0. The highest BCUT2D eigenvalue weighted by atomic mass is 16.7. The van der Waals surface area contributed by atoms with Gasteiger partial charge in [-0.1, -0.05) is 12.5 Å². The molecule has 0 aromatic heterocycles. The molecule has 0 aromatic carbocycles. The molecule has 1 heterocycles. The Labute approximate surface area is 166 Å². The topological polar surface area (TPSA) is 72.8 Å². The lowest BCUT2D eigenvalue weighted by atomic mass is 9.47. The van der Waals surface area contributed by atoms with E-state index < -0.39 is 11.8 Å². The predicted octanol–water partition coefficient (Wildman–Crippen LogP) is 4.43. The van der Waals surface area contributed by atoms with Gasteiger partial charge in [0.2, 0.25) is 17.3 Å². The lowest BCUT2D eigenvalue weighted by molar-refractivity contribution is -0.151. The minimum atomic E-state index is -0.815. The number of rotatable bonds is 1. The summed E-state index contributed by atoms with van der Waals surface area (Å²) in [6, 6.07) is 0. The zero-order chi connectivity index (χ0) is 20.1. The minimum Gasteiger partial charge on any atom is -0.481 e. The molecule has 152 valence electrons. The first-order valence-electron chi connectivity index (χ1n) is 10.7. The molecule has 0 aromatic rings. The number of hydrogen-bond acceptors (Lipinski definition) is 4. The van der Waals surface area contributed by atoms with Gasteiger partial charge >= 0.3 is 5.97 Å². The van der Waals surface area contributed by atoms with Crippen LogP contribution in [-0.4, -0.2) is 22.6 Å². The Kier molecular flexibility index (Phi) is 3.54. The van der Waals surface area contributed by atoms with E-state index in [1.54, 1.807) is 6.08 Å². The molecule has 28 heavy (non-hydrogen) atoms. The molecule has 5 heteroatoms. The summed E-state index contributed by atoms with van der Waals surface area (Å²) in [7, 11) is 0. The van der Waals surface area contributed by atoms with Gasteiger partial charge in [0.05, 0.1) is 11.3 Å². The summed E-state index contributed by atoms with van der Waals surface area (Å²) in [6.07, 6.45) is 7.41. The highest BCUT2D eigenvalue weighted by Crippen LogP contribution is 2.68. The van der Waals surface area contributed by atoms with Crippen LogP contribution in [0.15, 0.2) is 23.2 Å². The van der Waals surface area contributed by atoms with Crippen molar-refractivity contribution in [2.45, 2.75) is 72.0 Å². The van der Waals surface area contributed by atoms with Gasteiger partial charge < -0.3 is 14.6 Å². The van der Waals surface area contributed by atoms with Gasteiger partial charge in [0, 0.05) is 13.8 Å². The highest BCUT2D eigenvalue weighted by molar-refractivity contribution is 6.05. The van der Waals surface area contributed by atoms with Gasteiger partial charge in [-0.3, -0.25) is 9.59 Å². The van der Waals surface area contributed by atoms with Crippen molar-refractivity contribution in [2.75, 3.05) is 0 Å². The molecule has 0 radical (unpaired) electrons. The van der Waals surface area contributed by atoms with E-state index in [0.717, 1.165) is 44.3 Å². The molecule has 0 bridgehead atoms. The van der Waals surface area contributed by atoms with E-state index in [0.29, 0.717) is 23.5 Å². The fourth-order valence-corrected chi connectivity index (χ4v) is 7.50. The molecule has 3 fully saturated rings. The standard InChI is InChI=1S/C23H30O5/c1-21(2)27-18-17(24)11-12-5-6-13-14-7-8-16(20(25)26)22(14,3)10-9-15(13)23(12,4)19(18)28-21/h11,13-16H,5-10H2,1-4H3,(H,25,26)/t13-,14-,15-,16+,22-,23-/m0/s1. The summed E-state index contributed by atoms with van der Waals surface area (Å²) in [5.74, 6) is 0.649. The molecule has 1 aliphatic heterocycles. The molecular formula is C23H30O5. The average Bonchev–Trinajstić information content (AvgIpc) is 3.13. The first-order valence-corrected chi connectivity index (χ1v) is 10.7. The SMILES string of the molecule is CC1(C)OC2=C(O1)[C@@]1(C)C(=CC2=O)CC[C@@H]2[C@@H]1CC[C@]1(C)[C@@H](C(=O)O)CC[C@@H]21. The fraction of sp³-hybridized carbons (Fsp3) is 0.739. The maximum absolute atomic E-state index is 12.7. The largest absolute Gasteiger partial charge is 0.481 e. The highest BCUT2D eigenvalue weighted by Gasteiger charge is 2.63. The van der Waals surface area contributed by atoms with Crippen LogP contribution in [0.4, 0.5) is 0 Å². The summed E-state index contributed by atoms with van der Waals surface area (Å²) in [5, 5.41) is 9.77. The molecule has 0 spiro atoms. The Morgan fingerprint density at radius 2 is 1.82 bits per heavy atom. The molecule has 5 aliphatic rings. The van der Waals surface area contributed by atoms with Crippen LogP contribution >= 0.6 is 0 Å². The molecule has 5 rings (SSSR count). The predicted molar refractivity (Wildman–Crippen MR) is 102 cm³/mol. The molecule has 4 aliphatic carbocycles. The number of ether oxygens (including phenoxy) is 2. The van der Waals surface area contributed by atoms with Gasteiger partial charge in [-0.25, -0.2) is 0 Å². The van der Waals surface area contributed by atoms with Gasteiger partial charge in [-0.2, -0.15) is 0 Å². The van der Waals surface area contributed by atoms with E-state index in [9.17, 15) is 14.7 Å². The molecule has 6 atom stereocenters. The number of carbonyl (C=O) groups excluding carboxylic acids is 1. The van der Waals surface area contributed by atoms with Crippen LogP contribution in [0.5, 0.6) is 0 Å². The van der Waals surface area contributed by atoms with Gasteiger partial charge in [-0.05, 0) is 74.7 Å². The Balaban J connectivity index is 1.55. The van der Waals surface area contributed by atoms with E-state index in [1.807, 2.05) is 13.8 Å². The van der Waals surface area contributed by atoms with E-state index in [4.69, 9.17) is 9.47 Å². The molecule has 0 saturated heterocycles. The van der Waals surface area contributed by atoms with Crippen LogP contribution in [0.2, 0.25) is 0 Å². The first-order chi connectivity index (χ1) is 13.1. The van der Waals surface area contributed by atoms with Crippen molar-refractivity contribution in [3.63, 3.8) is 0 Å². The van der Waals surface area contributed by atoms with Crippen molar-refractivity contribution >= 4 is 11.8 Å². The van der Waals surface area contributed by atoms with E-state index >= 15 is 0 Å². The Hall–Kier alpha value is -1.78.